The van der Waals surface area contributed by atoms with Gasteiger partial charge in [-0.25, -0.2) is 4.39 Å². The summed E-state index contributed by atoms with van der Waals surface area (Å²) in [7, 11) is 1.78. The van der Waals surface area contributed by atoms with Gasteiger partial charge in [0.05, 0.1) is 6.42 Å². The van der Waals surface area contributed by atoms with Crippen LogP contribution in [-0.2, 0) is 17.8 Å². The Morgan fingerprint density at radius 2 is 1.58 bits per heavy atom. The van der Waals surface area contributed by atoms with E-state index < -0.39 is 0 Å². The zero-order valence-corrected chi connectivity index (χ0v) is 20.2. The molecule has 1 saturated heterocycles. The molecular weight excluding hydrogens is 508 g/mol. The lowest BCUT2D eigenvalue weighted by Gasteiger charge is -2.36. The second kappa shape index (κ2) is 13.3. The number of amides is 1. The van der Waals surface area contributed by atoms with Crippen LogP contribution in [0.1, 0.15) is 11.1 Å². The minimum absolute atomic E-state index is 0. The first kappa shape index (κ1) is 25.1. The van der Waals surface area contributed by atoms with Crippen LogP contribution >= 0.6 is 24.0 Å². The van der Waals surface area contributed by atoms with E-state index in [1.54, 1.807) is 19.2 Å². The molecule has 1 aliphatic heterocycles. The van der Waals surface area contributed by atoms with Gasteiger partial charge in [-0.2, -0.15) is 0 Å². The fourth-order valence-corrected chi connectivity index (χ4v) is 3.52. The van der Waals surface area contributed by atoms with E-state index in [-0.39, 0.29) is 42.1 Å². The summed E-state index contributed by atoms with van der Waals surface area (Å²) in [6.07, 6.45) is 0.248. The van der Waals surface area contributed by atoms with Crippen molar-refractivity contribution in [2.24, 2.45) is 4.99 Å². The number of carbonyl (C=O) groups is 1. The third-order valence-corrected chi connectivity index (χ3v) is 5.14. The molecule has 0 aromatic heterocycles. The molecule has 31 heavy (non-hydrogen) atoms. The number of rotatable bonds is 7. The molecule has 8 heteroatoms. The molecule has 0 bridgehead atoms. The van der Waals surface area contributed by atoms with E-state index in [2.05, 4.69) is 49.7 Å². The largest absolute Gasteiger partial charge is 0.354 e. The number of halogens is 2. The molecule has 2 aromatic rings. The van der Waals surface area contributed by atoms with Crippen molar-refractivity contribution in [1.29, 1.82) is 0 Å². The summed E-state index contributed by atoms with van der Waals surface area (Å²) in [6.45, 7) is 5.90. The first-order valence-electron chi connectivity index (χ1n) is 10.4. The van der Waals surface area contributed by atoms with Crippen molar-refractivity contribution in [3.63, 3.8) is 0 Å². The zero-order valence-electron chi connectivity index (χ0n) is 17.9. The predicted octanol–water partition coefficient (Wildman–Crippen LogP) is 2.50. The highest BCUT2D eigenvalue weighted by atomic mass is 127. The highest BCUT2D eigenvalue weighted by molar-refractivity contribution is 14.0. The highest BCUT2D eigenvalue weighted by Crippen LogP contribution is 2.08. The third kappa shape index (κ3) is 8.45. The molecule has 2 N–H and O–H groups in total. The van der Waals surface area contributed by atoms with Gasteiger partial charge in [-0.15, -0.1) is 24.0 Å². The molecule has 6 nitrogen and oxygen atoms in total. The molecule has 0 radical (unpaired) electrons. The second-order valence-corrected chi connectivity index (χ2v) is 7.38. The van der Waals surface area contributed by atoms with E-state index in [0.717, 1.165) is 44.2 Å². The standard InChI is InChI=1S/C23H30FN5O.HI/c1-25-23(27-12-11-26-22(30)17-19-7-9-21(24)10-8-19)29-15-13-28(14-16-29)18-20-5-3-2-4-6-20;/h2-10H,11-18H2,1H3,(H,25,27)(H,26,30);1H. The van der Waals surface area contributed by atoms with Crippen molar-refractivity contribution in [3.05, 3.63) is 71.5 Å². The zero-order chi connectivity index (χ0) is 21.2. The van der Waals surface area contributed by atoms with Gasteiger partial charge in [0.15, 0.2) is 5.96 Å². The molecule has 0 spiro atoms. The van der Waals surface area contributed by atoms with Crippen LogP contribution in [-0.4, -0.2) is 68.0 Å². The third-order valence-electron chi connectivity index (χ3n) is 5.14. The van der Waals surface area contributed by atoms with E-state index in [1.807, 2.05) is 6.07 Å². The van der Waals surface area contributed by atoms with Crippen LogP contribution in [0.4, 0.5) is 4.39 Å². The van der Waals surface area contributed by atoms with Gasteiger partial charge >= 0.3 is 0 Å². The van der Waals surface area contributed by atoms with Crippen molar-refractivity contribution >= 4 is 35.8 Å². The Hall–Kier alpha value is -2.20. The van der Waals surface area contributed by atoms with Gasteiger partial charge in [0.2, 0.25) is 5.91 Å². The predicted molar refractivity (Wildman–Crippen MR) is 133 cm³/mol. The lowest BCUT2D eigenvalue weighted by Crippen LogP contribution is -2.53. The minimum Gasteiger partial charge on any atom is -0.354 e. The smallest absolute Gasteiger partial charge is 0.224 e. The molecule has 1 amide bonds. The van der Waals surface area contributed by atoms with Crippen molar-refractivity contribution in [2.45, 2.75) is 13.0 Å². The molecule has 0 unspecified atom stereocenters. The summed E-state index contributed by atoms with van der Waals surface area (Å²) >= 11 is 0. The molecule has 1 fully saturated rings. The number of piperazine rings is 1. The van der Waals surface area contributed by atoms with E-state index in [4.69, 9.17) is 0 Å². The molecule has 0 saturated carbocycles. The normalized spacial score (nSPS) is 14.6. The monoisotopic (exact) mass is 539 g/mol. The van der Waals surface area contributed by atoms with Gasteiger partial charge in [0, 0.05) is 52.9 Å². The van der Waals surface area contributed by atoms with E-state index in [1.165, 1.54) is 17.7 Å². The van der Waals surface area contributed by atoms with Gasteiger partial charge in [0.25, 0.3) is 0 Å². The number of hydrogen-bond donors (Lipinski definition) is 2. The Bertz CT molecular complexity index is 824. The Kier molecular flexibility index (Phi) is 10.7. The minimum atomic E-state index is -0.296. The first-order chi connectivity index (χ1) is 14.6. The molecule has 1 aliphatic rings. The number of nitrogens with one attached hydrogen (secondary N) is 2. The Balaban J connectivity index is 0.00000341. The number of hydrogen-bond acceptors (Lipinski definition) is 3. The van der Waals surface area contributed by atoms with Gasteiger partial charge < -0.3 is 15.5 Å². The maximum atomic E-state index is 12.9. The average molecular weight is 539 g/mol. The molecule has 0 aliphatic carbocycles. The summed E-state index contributed by atoms with van der Waals surface area (Å²) in [5.41, 5.74) is 2.14. The van der Waals surface area contributed by atoms with Crippen molar-refractivity contribution in [3.8, 4) is 0 Å². The summed E-state index contributed by atoms with van der Waals surface area (Å²) < 4.78 is 12.9. The number of benzene rings is 2. The van der Waals surface area contributed by atoms with Crippen LogP contribution in [0.25, 0.3) is 0 Å². The molecule has 0 atom stereocenters. The summed E-state index contributed by atoms with van der Waals surface area (Å²) in [5, 5.41) is 6.21. The molecular formula is C23H31FIN5O. The van der Waals surface area contributed by atoms with Crippen molar-refractivity contribution < 1.29 is 9.18 Å². The number of nitrogens with zero attached hydrogens (tertiary/aromatic N) is 3. The van der Waals surface area contributed by atoms with Crippen LogP contribution in [0.15, 0.2) is 59.6 Å². The van der Waals surface area contributed by atoms with Crippen molar-refractivity contribution in [2.75, 3.05) is 46.3 Å². The van der Waals surface area contributed by atoms with Crippen LogP contribution in [0.5, 0.6) is 0 Å². The van der Waals surface area contributed by atoms with Gasteiger partial charge in [0.1, 0.15) is 5.82 Å². The average Bonchev–Trinajstić information content (AvgIpc) is 2.77. The molecule has 3 rings (SSSR count). The Morgan fingerprint density at radius 3 is 2.23 bits per heavy atom. The van der Waals surface area contributed by atoms with E-state index in [9.17, 15) is 9.18 Å². The number of guanidine groups is 1. The lowest BCUT2D eigenvalue weighted by molar-refractivity contribution is -0.120. The molecule has 168 valence electrons. The highest BCUT2D eigenvalue weighted by Gasteiger charge is 2.19. The first-order valence-corrected chi connectivity index (χ1v) is 10.4. The maximum absolute atomic E-state index is 12.9. The SMILES string of the molecule is CN=C(NCCNC(=O)Cc1ccc(F)cc1)N1CCN(Cc2ccccc2)CC1.I. The second-order valence-electron chi connectivity index (χ2n) is 7.38. The molecule has 1 heterocycles. The van der Waals surface area contributed by atoms with Crippen LogP contribution < -0.4 is 10.6 Å². The van der Waals surface area contributed by atoms with Crippen LogP contribution in [0.2, 0.25) is 0 Å². The number of carbonyl (C=O) groups excluding carboxylic acids is 1. The fraction of sp³-hybridized carbons (Fsp3) is 0.391. The topological polar surface area (TPSA) is 60.0 Å². The fourth-order valence-electron chi connectivity index (χ4n) is 3.52. The van der Waals surface area contributed by atoms with Crippen LogP contribution in [0, 0.1) is 5.82 Å². The Labute approximate surface area is 200 Å². The lowest BCUT2D eigenvalue weighted by atomic mass is 10.1. The summed E-state index contributed by atoms with van der Waals surface area (Å²) in [4.78, 5) is 21.1. The van der Waals surface area contributed by atoms with E-state index in [0.29, 0.717) is 13.1 Å². The number of aliphatic imine (C=N–C) groups is 1. The quantitative estimate of drug-likeness (QED) is 0.246. The molecule has 2 aromatic carbocycles. The van der Waals surface area contributed by atoms with E-state index >= 15 is 0 Å². The maximum Gasteiger partial charge on any atom is 0.224 e. The van der Waals surface area contributed by atoms with Gasteiger partial charge in [-0.1, -0.05) is 42.5 Å². The Morgan fingerprint density at radius 1 is 0.935 bits per heavy atom. The van der Waals surface area contributed by atoms with Gasteiger partial charge in [-0.05, 0) is 23.3 Å². The summed E-state index contributed by atoms with van der Waals surface area (Å²) in [6, 6.07) is 16.5. The van der Waals surface area contributed by atoms with Crippen LogP contribution in [0.3, 0.4) is 0 Å². The van der Waals surface area contributed by atoms with Crippen molar-refractivity contribution in [1.82, 2.24) is 20.4 Å². The summed E-state index contributed by atoms with van der Waals surface area (Å²) in [5.74, 6) is 0.491. The van der Waals surface area contributed by atoms with Gasteiger partial charge in [-0.3, -0.25) is 14.7 Å².